The third-order valence-corrected chi connectivity index (χ3v) is 15.5. The molecule has 4 nitrogen and oxygen atoms in total. The second-order valence-electron chi connectivity index (χ2n) is 18.3. The van der Waals surface area contributed by atoms with Crippen molar-refractivity contribution < 1.29 is 0 Å². The minimum Gasteiger partial charge on any atom is -0.309 e. The maximum atomic E-state index is 5.45. The highest BCUT2D eigenvalue weighted by Gasteiger charge is 2.23. The molecule has 3 heterocycles. The Morgan fingerprint density at radius 1 is 0.300 bits per heavy atom. The fourth-order valence-corrected chi connectivity index (χ4v) is 12.4. The van der Waals surface area contributed by atoms with Gasteiger partial charge in [0, 0.05) is 58.8 Å². The van der Waals surface area contributed by atoms with Gasteiger partial charge in [-0.15, -0.1) is 11.3 Å². The number of benzene rings is 12. The van der Waals surface area contributed by atoms with Gasteiger partial charge in [0.2, 0.25) is 0 Å². The van der Waals surface area contributed by atoms with Gasteiger partial charge in [-0.05, 0) is 108 Å². The van der Waals surface area contributed by atoms with Crippen LogP contribution in [-0.4, -0.2) is 19.5 Å². The molecule has 0 saturated heterocycles. The van der Waals surface area contributed by atoms with E-state index in [9.17, 15) is 0 Å². The summed E-state index contributed by atoms with van der Waals surface area (Å²) in [6.07, 6.45) is 0. The van der Waals surface area contributed by atoms with E-state index >= 15 is 0 Å². The fourth-order valence-electron chi connectivity index (χ4n) is 11.2. The average Bonchev–Trinajstić information content (AvgIpc) is 3.96. The van der Waals surface area contributed by atoms with E-state index in [1.807, 2.05) is 29.5 Å². The second kappa shape index (κ2) is 15.2. The van der Waals surface area contributed by atoms with Crippen LogP contribution in [0.5, 0.6) is 0 Å². The lowest BCUT2D eigenvalue weighted by Gasteiger charge is -2.19. The number of nitrogens with zero attached hydrogens (tertiary/aromatic N) is 4. The quantitative estimate of drug-likeness (QED) is 0.162. The van der Waals surface area contributed by atoms with Crippen LogP contribution in [0.15, 0.2) is 231 Å². The number of hydrogen-bond acceptors (Lipinski definition) is 4. The number of para-hydroxylation sites is 1. The number of aromatic nitrogens is 4. The van der Waals surface area contributed by atoms with Crippen LogP contribution in [0.1, 0.15) is 0 Å². The molecular formula is C65H38N4S. The molecule has 0 bridgehead atoms. The van der Waals surface area contributed by atoms with Crippen molar-refractivity contribution in [3.8, 4) is 51.0 Å². The molecule has 15 aromatic rings. The van der Waals surface area contributed by atoms with Crippen LogP contribution in [0.4, 0.5) is 0 Å². The van der Waals surface area contributed by atoms with Crippen molar-refractivity contribution in [2.45, 2.75) is 0 Å². The molecule has 70 heavy (non-hydrogen) atoms. The first-order valence-corrected chi connectivity index (χ1v) is 24.6. The van der Waals surface area contributed by atoms with E-state index in [0.717, 1.165) is 39.0 Å². The molecule has 0 aliphatic heterocycles. The van der Waals surface area contributed by atoms with Gasteiger partial charge in [0.15, 0.2) is 17.5 Å². The molecule has 5 heteroatoms. The molecule has 12 aromatic carbocycles. The molecule has 0 unspecified atom stereocenters. The summed E-state index contributed by atoms with van der Waals surface area (Å²) in [6, 6.07) is 83.5. The molecule has 3 aromatic heterocycles. The van der Waals surface area contributed by atoms with Crippen molar-refractivity contribution in [1.82, 2.24) is 19.5 Å². The van der Waals surface area contributed by atoms with Crippen LogP contribution >= 0.6 is 11.3 Å². The topological polar surface area (TPSA) is 43.6 Å². The Kier molecular flexibility index (Phi) is 8.49. The summed E-state index contributed by atoms with van der Waals surface area (Å²) >= 11 is 1.86. The van der Waals surface area contributed by atoms with Gasteiger partial charge in [-0.25, -0.2) is 15.0 Å². The normalized spacial score (nSPS) is 12.0. The van der Waals surface area contributed by atoms with Gasteiger partial charge in [0.25, 0.3) is 0 Å². The van der Waals surface area contributed by atoms with E-state index in [0.29, 0.717) is 17.5 Å². The van der Waals surface area contributed by atoms with Gasteiger partial charge in [0.1, 0.15) is 0 Å². The Balaban J connectivity index is 1.04. The van der Waals surface area contributed by atoms with E-state index in [4.69, 9.17) is 15.0 Å². The van der Waals surface area contributed by atoms with E-state index in [1.165, 1.54) is 90.4 Å². The summed E-state index contributed by atoms with van der Waals surface area (Å²) in [5, 5.41) is 17.0. The summed E-state index contributed by atoms with van der Waals surface area (Å²) in [6.45, 7) is 0. The van der Waals surface area contributed by atoms with E-state index in [2.05, 4.69) is 217 Å². The maximum absolute atomic E-state index is 5.45. The Bertz CT molecular complexity index is 4630. The molecule has 0 aliphatic rings. The highest BCUT2D eigenvalue weighted by atomic mass is 32.1. The summed E-state index contributed by atoms with van der Waals surface area (Å²) in [4.78, 5) is 16.1. The Morgan fingerprint density at radius 2 is 0.829 bits per heavy atom. The number of fused-ring (bicyclic) bond motifs is 14. The minimum atomic E-state index is 0.611. The van der Waals surface area contributed by atoms with Crippen LogP contribution in [0, 0.1) is 0 Å². The predicted octanol–water partition coefficient (Wildman–Crippen LogP) is 17.8. The second-order valence-corrected chi connectivity index (χ2v) is 19.4. The zero-order valence-electron chi connectivity index (χ0n) is 37.6. The molecule has 0 amide bonds. The van der Waals surface area contributed by atoms with Gasteiger partial charge in [0.05, 0.1) is 16.7 Å². The highest BCUT2D eigenvalue weighted by Crippen LogP contribution is 2.48. The summed E-state index contributed by atoms with van der Waals surface area (Å²) in [5.74, 6) is 1.86. The molecule has 0 aliphatic carbocycles. The third kappa shape index (κ3) is 5.92. The number of thiophene rings is 1. The van der Waals surface area contributed by atoms with Crippen LogP contribution in [0.2, 0.25) is 0 Å². The van der Waals surface area contributed by atoms with Crippen molar-refractivity contribution in [1.29, 1.82) is 0 Å². The van der Waals surface area contributed by atoms with Gasteiger partial charge < -0.3 is 4.57 Å². The Hall–Kier alpha value is -9.03. The lowest BCUT2D eigenvalue weighted by Crippen LogP contribution is -2.02. The van der Waals surface area contributed by atoms with Crippen molar-refractivity contribution in [3.63, 3.8) is 0 Å². The monoisotopic (exact) mass is 906 g/mol. The zero-order chi connectivity index (χ0) is 45.9. The Labute approximate surface area is 406 Å². The van der Waals surface area contributed by atoms with Crippen LogP contribution in [-0.2, 0) is 0 Å². The van der Waals surface area contributed by atoms with Gasteiger partial charge >= 0.3 is 0 Å². The van der Waals surface area contributed by atoms with E-state index in [-0.39, 0.29) is 0 Å². The summed E-state index contributed by atoms with van der Waals surface area (Å²) < 4.78 is 5.00. The molecular weight excluding hydrogens is 869 g/mol. The molecule has 0 atom stereocenters. The largest absolute Gasteiger partial charge is 0.309 e. The standard InChI is InChI=1S/C65H38N4S/c1-2-16-39(17-3-1)63-66-64(43-30-32-50-48-24-9-8-22-46(48)47-23-10-11-25-49(47)53(50)35-43)68-65(67-63)44-31-33-57(69-56-28-14-12-26-51(56)54-34-40-18-4-5-19-41(40)37-58(54)69)55(36-44)61-45-21-7-6-20-42(45)38-60-62(61)52-27-13-15-29-59(52)70-60/h1-38H. The van der Waals surface area contributed by atoms with Crippen LogP contribution < -0.4 is 0 Å². The molecule has 0 N–H and O–H groups in total. The summed E-state index contributed by atoms with van der Waals surface area (Å²) in [7, 11) is 0. The minimum absolute atomic E-state index is 0.611. The van der Waals surface area contributed by atoms with Crippen LogP contribution in [0.3, 0.4) is 0 Å². The van der Waals surface area contributed by atoms with Crippen LogP contribution in [0.25, 0.3) is 147 Å². The smallest absolute Gasteiger partial charge is 0.164 e. The fraction of sp³-hybridized carbons (Fsp3) is 0. The van der Waals surface area contributed by atoms with Crippen molar-refractivity contribution in [2.75, 3.05) is 0 Å². The van der Waals surface area contributed by atoms with E-state index < -0.39 is 0 Å². The van der Waals surface area contributed by atoms with Gasteiger partial charge in [-0.1, -0.05) is 176 Å². The Morgan fingerprint density at radius 3 is 1.56 bits per heavy atom. The zero-order valence-corrected chi connectivity index (χ0v) is 38.5. The molecule has 0 fully saturated rings. The third-order valence-electron chi connectivity index (χ3n) is 14.4. The van der Waals surface area contributed by atoms with Gasteiger partial charge in [-0.2, -0.15) is 0 Å². The average molecular weight is 907 g/mol. The number of hydrogen-bond donors (Lipinski definition) is 0. The SMILES string of the molecule is c1ccc(-c2nc(-c3ccc(-n4c5ccccc5c5cc6ccccc6cc54)c(-c4c5ccccc5cc5sc6ccccc6c45)c3)nc(-c3ccc4c5ccccc5c5ccccc5c4c3)n2)cc1. The first-order valence-electron chi connectivity index (χ1n) is 23.8. The number of rotatable bonds is 5. The van der Waals surface area contributed by atoms with Crippen molar-refractivity contribution in [2.24, 2.45) is 0 Å². The van der Waals surface area contributed by atoms with E-state index in [1.54, 1.807) is 0 Å². The molecule has 0 radical (unpaired) electrons. The molecule has 15 rings (SSSR count). The predicted molar refractivity (Wildman–Crippen MR) is 296 cm³/mol. The molecule has 324 valence electrons. The first kappa shape index (κ1) is 39.0. The summed E-state index contributed by atoms with van der Waals surface area (Å²) in [5.41, 5.74) is 8.47. The highest BCUT2D eigenvalue weighted by molar-refractivity contribution is 7.26. The lowest BCUT2D eigenvalue weighted by atomic mass is 9.91. The van der Waals surface area contributed by atoms with Gasteiger partial charge in [-0.3, -0.25) is 0 Å². The maximum Gasteiger partial charge on any atom is 0.164 e. The van der Waals surface area contributed by atoms with Crippen molar-refractivity contribution >= 4 is 107 Å². The lowest BCUT2D eigenvalue weighted by molar-refractivity contribution is 1.07. The first-order chi connectivity index (χ1) is 34.7. The molecule has 0 spiro atoms. The van der Waals surface area contributed by atoms with Crippen molar-refractivity contribution in [3.05, 3.63) is 231 Å². The molecule has 0 saturated carbocycles.